The zero-order valence-electron chi connectivity index (χ0n) is 15.1. The lowest BCUT2D eigenvalue weighted by Gasteiger charge is -2.43. The number of thiophene rings is 1. The normalized spacial score (nSPS) is 19.4. The molecule has 2 aliphatic rings. The van der Waals surface area contributed by atoms with Crippen LogP contribution in [0, 0.1) is 0 Å². The molecule has 1 fully saturated rings. The van der Waals surface area contributed by atoms with Crippen LogP contribution in [0.2, 0.25) is 0 Å². The molecule has 0 atom stereocenters. The zero-order chi connectivity index (χ0) is 18.0. The first-order valence-corrected chi connectivity index (χ1v) is 11.1. The summed E-state index contributed by atoms with van der Waals surface area (Å²) in [6, 6.07) is 2.09. The molecule has 0 bridgehead atoms. The van der Waals surface area contributed by atoms with Gasteiger partial charge in [0.25, 0.3) is 5.91 Å². The van der Waals surface area contributed by atoms with E-state index in [0.29, 0.717) is 0 Å². The smallest absolute Gasteiger partial charge is 0.261 e. The van der Waals surface area contributed by atoms with Crippen molar-refractivity contribution in [3.05, 3.63) is 38.0 Å². The highest BCUT2D eigenvalue weighted by Crippen LogP contribution is 2.45. The Morgan fingerprint density at radius 1 is 1.42 bits per heavy atom. The lowest BCUT2D eigenvalue weighted by molar-refractivity contribution is -0.0961. The van der Waals surface area contributed by atoms with Crippen molar-refractivity contribution in [1.29, 1.82) is 0 Å². The summed E-state index contributed by atoms with van der Waals surface area (Å²) in [6.07, 6.45) is 3.84. The summed E-state index contributed by atoms with van der Waals surface area (Å²) in [5.74, 6) is 0.0577. The van der Waals surface area contributed by atoms with E-state index in [2.05, 4.69) is 33.6 Å². The number of hydrogen-bond donors (Lipinski definition) is 1. The van der Waals surface area contributed by atoms with E-state index in [0.717, 1.165) is 69.0 Å². The Balaban J connectivity index is 1.47. The molecule has 0 aliphatic carbocycles. The molecular formula is C19H25N3O2S2. The molecule has 0 saturated carbocycles. The Kier molecular flexibility index (Phi) is 5.40. The Morgan fingerprint density at radius 2 is 2.27 bits per heavy atom. The van der Waals surface area contributed by atoms with E-state index in [1.165, 1.54) is 10.4 Å². The maximum absolute atomic E-state index is 12.4. The first kappa shape index (κ1) is 18.1. The number of aromatic nitrogens is 1. The summed E-state index contributed by atoms with van der Waals surface area (Å²) in [4.78, 5) is 21.3. The third kappa shape index (κ3) is 3.58. The Morgan fingerprint density at radius 3 is 3.00 bits per heavy atom. The number of thiazole rings is 1. The number of piperidine rings is 1. The standard InChI is InChI=1S/C19H25N3O2S2/c1-2-6-20-18(23)16-10-14-3-9-24-19(17(14)26-16)4-7-22(8-5-19)11-15-12-25-13-21-15/h10,12-13H,2-9,11H2,1H3,(H,20,23). The van der Waals surface area contributed by atoms with E-state index in [9.17, 15) is 4.79 Å². The topological polar surface area (TPSA) is 54.5 Å². The van der Waals surface area contributed by atoms with Crippen LogP contribution in [0.4, 0.5) is 0 Å². The molecule has 140 valence electrons. The number of nitrogens with zero attached hydrogens (tertiary/aromatic N) is 2. The number of amides is 1. The van der Waals surface area contributed by atoms with Crippen LogP contribution in [0.1, 0.15) is 52.0 Å². The van der Waals surface area contributed by atoms with Crippen molar-refractivity contribution in [3.63, 3.8) is 0 Å². The van der Waals surface area contributed by atoms with Gasteiger partial charge in [-0.05, 0) is 37.3 Å². The van der Waals surface area contributed by atoms with Gasteiger partial charge in [0.2, 0.25) is 0 Å². The minimum Gasteiger partial charge on any atom is -0.369 e. The molecule has 2 aromatic rings. The first-order chi connectivity index (χ1) is 12.7. The van der Waals surface area contributed by atoms with E-state index in [-0.39, 0.29) is 11.5 Å². The van der Waals surface area contributed by atoms with Crippen LogP contribution in [-0.4, -0.2) is 42.0 Å². The van der Waals surface area contributed by atoms with Crippen LogP contribution in [0.5, 0.6) is 0 Å². The van der Waals surface area contributed by atoms with Gasteiger partial charge in [0.05, 0.1) is 22.7 Å². The van der Waals surface area contributed by atoms with Crippen LogP contribution in [0.3, 0.4) is 0 Å². The van der Waals surface area contributed by atoms with Gasteiger partial charge in [0.1, 0.15) is 5.60 Å². The van der Waals surface area contributed by atoms with Crippen molar-refractivity contribution in [2.45, 2.75) is 44.8 Å². The second-order valence-corrected chi connectivity index (χ2v) is 8.84. The molecule has 1 N–H and O–H groups in total. The Hall–Kier alpha value is -1.28. The number of fused-ring (bicyclic) bond motifs is 2. The Bertz CT molecular complexity index is 749. The number of nitrogens with one attached hydrogen (secondary N) is 1. The minimum atomic E-state index is -0.194. The zero-order valence-corrected chi connectivity index (χ0v) is 16.8. The minimum absolute atomic E-state index is 0.0577. The van der Waals surface area contributed by atoms with Gasteiger partial charge in [-0.3, -0.25) is 9.69 Å². The number of carbonyl (C=O) groups is 1. The van der Waals surface area contributed by atoms with E-state index >= 15 is 0 Å². The lowest BCUT2D eigenvalue weighted by atomic mass is 9.85. The third-order valence-electron chi connectivity index (χ3n) is 5.26. The largest absolute Gasteiger partial charge is 0.369 e. The van der Waals surface area contributed by atoms with Crippen molar-refractivity contribution in [2.24, 2.45) is 0 Å². The molecule has 4 rings (SSSR count). The van der Waals surface area contributed by atoms with Crippen molar-refractivity contribution in [1.82, 2.24) is 15.2 Å². The second-order valence-electron chi connectivity index (χ2n) is 7.07. The number of ether oxygens (including phenoxy) is 1. The molecule has 0 aromatic carbocycles. The van der Waals surface area contributed by atoms with E-state index < -0.39 is 0 Å². The van der Waals surface area contributed by atoms with Crippen LogP contribution < -0.4 is 5.32 Å². The molecular weight excluding hydrogens is 366 g/mol. The quantitative estimate of drug-likeness (QED) is 0.849. The molecule has 1 saturated heterocycles. The van der Waals surface area contributed by atoms with Crippen molar-refractivity contribution in [2.75, 3.05) is 26.2 Å². The molecule has 4 heterocycles. The molecule has 7 heteroatoms. The predicted octanol–water partition coefficient (Wildman–Crippen LogP) is 3.41. The second kappa shape index (κ2) is 7.76. The fourth-order valence-corrected chi connectivity index (χ4v) is 5.72. The van der Waals surface area contributed by atoms with Gasteiger partial charge < -0.3 is 10.1 Å². The fraction of sp³-hybridized carbons (Fsp3) is 0.579. The summed E-state index contributed by atoms with van der Waals surface area (Å²) in [6.45, 7) is 6.49. The van der Waals surface area contributed by atoms with Gasteiger partial charge in [-0.15, -0.1) is 22.7 Å². The number of likely N-dealkylation sites (tertiary alicyclic amines) is 1. The number of rotatable bonds is 5. The summed E-state index contributed by atoms with van der Waals surface area (Å²) < 4.78 is 6.33. The van der Waals surface area contributed by atoms with Crippen LogP contribution in [0.25, 0.3) is 0 Å². The number of hydrogen-bond acceptors (Lipinski definition) is 6. The lowest BCUT2D eigenvalue weighted by Crippen LogP contribution is -2.45. The van der Waals surface area contributed by atoms with Crippen molar-refractivity contribution in [3.8, 4) is 0 Å². The van der Waals surface area contributed by atoms with Gasteiger partial charge >= 0.3 is 0 Å². The molecule has 1 spiro atoms. The summed E-state index contributed by atoms with van der Waals surface area (Å²) >= 11 is 3.29. The molecule has 2 aromatic heterocycles. The summed E-state index contributed by atoms with van der Waals surface area (Å²) in [5.41, 5.74) is 4.17. The van der Waals surface area contributed by atoms with Crippen LogP contribution in [0.15, 0.2) is 17.0 Å². The molecule has 0 unspecified atom stereocenters. The van der Waals surface area contributed by atoms with Gasteiger partial charge in [-0.2, -0.15) is 0 Å². The van der Waals surface area contributed by atoms with Crippen LogP contribution in [-0.2, 0) is 23.3 Å². The molecule has 26 heavy (non-hydrogen) atoms. The highest BCUT2D eigenvalue weighted by atomic mass is 32.1. The van der Waals surface area contributed by atoms with Gasteiger partial charge in [0, 0.05) is 36.4 Å². The average Bonchev–Trinajstić information content (AvgIpc) is 3.32. The van der Waals surface area contributed by atoms with Gasteiger partial charge in [-0.25, -0.2) is 4.98 Å². The maximum atomic E-state index is 12.4. The molecule has 1 amide bonds. The fourth-order valence-electron chi connectivity index (χ4n) is 3.85. The molecule has 0 radical (unpaired) electrons. The maximum Gasteiger partial charge on any atom is 0.261 e. The Labute approximate surface area is 162 Å². The SMILES string of the molecule is CCCNC(=O)c1cc2c(s1)C1(CCN(Cc3cscn3)CC1)OCC2. The average molecular weight is 392 g/mol. The van der Waals surface area contributed by atoms with E-state index in [1.807, 2.05) is 5.51 Å². The monoisotopic (exact) mass is 391 g/mol. The van der Waals surface area contributed by atoms with Crippen molar-refractivity contribution >= 4 is 28.6 Å². The van der Waals surface area contributed by atoms with Gasteiger partial charge in [-0.1, -0.05) is 6.92 Å². The summed E-state index contributed by atoms with van der Waals surface area (Å²) in [7, 11) is 0. The molecule has 2 aliphatic heterocycles. The van der Waals surface area contributed by atoms with E-state index in [1.54, 1.807) is 22.7 Å². The van der Waals surface area contributed by atoms with E-state index in [4.69, 9.17) is 4.74 Å². The highest BCUT2D eigenvalue weighted by molar-refractivity contribution is 7.14. The van der Waals surface area contributed by atoms with Crippen molar-refractivity contribution < 1.29 is 9.53 Å². The highest BCUT2D eigenvalue weighted by Gasteiger charge is 2.42. The number of carbonyl (C=O) groups excluding carboxylic acids is 1. The first-order valence-electron chi connectivity index (χ1n) is 9.35. The van der Waals surface area contributed by atoms with Crippen LogP contribution >= 0.6 is 22.7 Å². The third-order valence-corrected chi connectivity index (χ3v) is 7.26. The predicted molar refractivity (Wildman–Crippen MR) is 105 cm³/mol. The summed E-state index contributed by atoms with van der Waals surface area (Å²) in [5, 5.41) is 5.12. The van der Waals surface area contributed by atoms with Gasteiger partial charge in [0.15, 0.2) is 0 Å². The molecule has 5 nitrogen and oxygen atoms in total.